The van der Waals surface area contributed by atoms with Crippen LogP contribution in [0.15, 0.2) is 47.3 Å². The van der Waals surface area contributed by atoms with Gasteiger partial charge in [-0.25, -0.2) is 4.98 Å². The largest absolute Gasteiger partial charge is 0.493 e. The summed E-state index contributed by atoms with van der Waals surface area (Å²) in [4.78, 5) is 31.8. The predicted octanol–water partition coefficient (Wildman–Crippen LogP) is 3.45. The molecule has 1 aliphatic rings. The third kappa shape index (κ3) is 3.91. The highest BCUT2D eigenvalue weighted by Crippen LogP contribution is 2.38. The molecule has 7 nitrogen and oxygen atoms in total. The molecule has 0 radical (unpaired) electrons. The van der Waals surface area contributed by atoms with Gasteiger partial charge >= 0.3 is 0 Å². The number of methoxy groups -OCH3 is 1. The zero-order chi connectivity index (χ0) is 21.3. The fourth-order valence-corrected chi connectivity index (χ4v) is 3.63. The van der Waals surface area contributed by atoms with Crippen LogP contribution in [-0.2, 0) is 11.4 Å². The first kappa shape index (κ1) is 19.7. The van der Waals surface area contributed by atoms with E-state index in [9.17, 15) is 9.59 Å². The Kier molecular flexibility index (Phi) is 5.27. The summed E-state index contributed by atoms with van der Waals surface area (Å²) in [6.45, 7) is 4.13. The monoisotopic (exact) mass is 405 g/mol. The van der Waals surface area contributed by atoms with Gasteiger partial charge in [0.15, 0.2) is 11.5 Å². The van der Waals surface area contributed by atoms with Gasteiger partial charge in [0.25, 0.3) is 5.56 Å². The molecule has 1 aromatic heterocycles. The Balaban J connectivity index is 1.64. The highest BCUT2D eigenvalue weighted by atomic mass is 16.5. The quantitative estimate of drug-likeness (QED) is 0.678. The van der Waals surface area contributed by atoms with Gasteiger partial charge in [-0.2, -0.15) is 0 Å². The standard InChI is InChI=1S/C23H23N3O4/c1-13-4-6-15(7-5-13)12-30-18-9-8-16(10-19(18)29-3)17-11-20(27)26-22-21(17)23(28)25-14(2)24-22/h4-10,17H,11-12H2,1-3H3,(H2,24,25,26,27,28)/t17-/m1/s1. The maximum atomic E-state index is 12.6. The van der Waals surface area contributed by atoms with Gasteiger partial charge in [0, 0.05) is 12.3 Å². The molecule has 0 spiro atoms. The molecular weight excluding hydrogens is 382 g/mol. The number of hydrogen-bond donors (Lipinski definition) is 2. The number of benzene rings is 2. The average Bonchev–Trinajstić information content (AvgIpc) is 2.72. The normalized spacial score (nSPS) is 15.3. The van der Waals surface area contributed by atoms with Gasteiger partial charge in [0.1, 0.15) is 18.2 Å². The molecule has 2 aromatic carbocycles. The molecule has 154 valence electrons. The topological polar surface area (TPSA) is 93.3 Å². The summed E-state index contributed by atoms with van der Waals surface area (Å²) in [6.07, 6.45) is 0.160. The van der Waals surface area contributed by atoms with Crippen molar-refractivity contribution < 1.29 is 14.3 Å². The van der Waals surface area contributed by atoms with Gasteiger partial charge in [-0.1, -0.05) is 35.9 Å². The van der Waals surface area contributed by atoms with Crippen LogP contribution < -0.4 is 20.3 Å². The lowest BCUT2D eigenvalue weighted by atomic mass is 9.86. The fourth-order valence-electron chi connectivity index (χ4n) is 3.63. The number of anilines is 1. The van der Waals surface area contributed by atoms with Gasteiger partial charge in [0.05, 0.1) is 12.7 Å². The van der Waals surface area contributed by atoms with E-state index < -0.39 is 5.92 Å². The molecule has 3 aromatic rings. The summed E-state index contributed by atoms with van der Waals surface area (Å²) in [5.74, 6) is 1.32. The second kappa shape index (κ2) is 8.02. The molecule has 7 heteroatoms. The van der Waals surface area contributed by atoms with Crippen LogP contribution in [0.4, 0.5) is 5.82 Å². The summed E-state index contributed by atoms with van der Waals surface area (Å²) in [7, 11) is 1.57. The highest BCUT2D eigenvalue weighted by Gasteiger charge is 2.31. The van der Waals surface area contributed by atoms with Crippen molar-refractivity contribution >= 4 is 11.7 Å². The smallest absolute Gasteiger partial charge is 0.256 e. The molecule has 2 heterocycles. The van der Waals surface area contributed by atoms with E-state index in [4.69, 9.17) is 9.47 Å². The molecule has 0 bridgehead atoms. The number of nitrogens with one attached hydrogen (secondary N) is 2. The minimum Gasteiger partial charge on any atom is -0.493 e. The van der Waals surface area contributed by atoms with Gasteiger partial charge in [-0.05, 0) is 37.1 Å². The number of amides is 1. The van der Waals surface area contributed by atoms with Crippen molar-refractivity contribution in [3.8, 4) is 11.5 Å². The number of aryl methyl sites for hydroxylation is 2. The Morgan fingerprint density at radius 2 is 1.83 bits per heavy atom. The van der Waals surface area contributed by atoms with E-state index in [2.05, 4.69) is 15.3 Å². The fraction of sp³-hybridized carbons (Fsp3) is 0.261. The molecule has 0 aliphatic carbocycles. The maximum Gasteiger partial charge on any atom is 0.256 e. The third-order valence-electron chi connectivity index (χ3n) is 5.17. The van der Waals surface area contributed by atoms with E-state index in [1.807, 2.05) is 49.4 Å². The van der Waals surface area contributed by atoms with Crippen LogP contribution in [0.5, 0.6) is 11.5 Å². The number of carbonyl (C=O) groups excluding carboxylic acids is 1. The Morgan fingerprint density at radius 3 is 2.57 bits per heavy atom. The Morgan fingerprint density at radius 1 is 1.07 bits per heavy atom. The van der Waals surface area contributed by atoms with E-state index in [0.717, 1.165) is 11.1 Å². The zero-order valence-corrected chi connectivity index (χ0v) is 17.1. The van der Waals surface area contributed by atoms with Crippen molar-refractivity contribution in [3.63, 3.8) is 0 Å². The highest BCUT2D eigenvalue weighted by molar-refractivity contribution is 5.94. The maximum absolute atomic E-state index is 12.6. The number of aromatic nitrogens is 2. The molecule has 1 amide bonds. The van der Waals surface area contributed by atoms with Crippen LogP contribution in [-0.4, -0.2) is 23.0 Å². The Labute approximate surface area is 174 Å². The van der Waals surface area contributed by atoms with E-state index in [1.54, 1.807) is 14.0 Å². The molecule has 30 heavy (non-hydrogen) atoms. The lowest BCUT2D eigenvalue weighted by molar-refractivity contribution is -0.116. The van der Waals surface area contributed by atoms with Crippen LogP contribution in [0.2, 0.25) is 0 Å². The molecular formula is C23H23N3O4. The number of H-pyrrole nitrogens is 1. The molecule has 0 saturated carbocycles. The van der Waals surface area contributed by atoms with Crippen LogP contribution in [0.1, 0.15) is 40.4 Å². The van der Waals surface area contributed by atoms with Gasteiger partial charge < -0.3 is 19.8 Å². The van der Waals surface area contributed by atoms with E-state index in [1.165, 1.54) is 5.56 Å². The van der Waals surface area contributed by atoms with Crippen LogP contribution in [0.25, 0.3) is 0 Å². The molecule has 2 N–H and O–H groups in total. The van der Waals surface area contributed by atoms with Crippen molar-refractivity contribution in [2.24, 2.45) is 0 Å². The summed E-state index contributed by atoms with van der Waals surface area (Å²) in [5, 5.41) is 2.70. The molecule has 0 unspecified atom stereocenters. The molecule has 4 rings (SSSR count). The molecule has 1 atom stereocenters. The number of hydrogen-bond acceptors (Lipinski definition) is 5. The lowest BCUT2D eigenvalue weighted by Gasteiger charge is -2.25. The van der Waals surface area contributed by atoms with Crippen molar-refractivity contribution in [1.82, 2.24) is 9.97 Å². The zero-order valence-electron chi connectivity index (χ0n) is 17.1. The number of rotatable bonds is 5. The number of ether oxygens (including phenoxy) is 2. The molecule has 0 saturated heterocycles. The Bertz CT molecular complexity index is 1150. The minimum absolute atomic E-state index is 0.160. The van der Waals surface area contributed by atoms with Gasteiger partial charge in [-0.3, -0.25) is 9.59 Å². The van der Waals surface area contributed by atoms with Crippen LogP contribution in [0.3, 0.4) is 0 Å². The molecule has 0 fully saturated rings. The van der Waals surface area contributed by atoms with E-state index in [0.29, 0.717) is 35.3 Å². The van der Waals surface area contributed by atoms with Crippen molar-refractivity contribution in [1.29, 1.82) is 0 Å². The van der Waals surface area contributed by atoms with Crippen molar-refractivity contribution in [2.75, 3.05) is 12.4 Å². The summed E-state index contributed by atoms with van der Waals surface area (Å²) in [5.41, 5.74) is 3.24. The second-order valence-corrected chi connectivity index (χ2v) is 7.40. The summed E-state index contributed by atoms with van der Waals surface area (Å²) in [6, 6.07) is 13.6. The van der Waals surface area contributed by atoms with E-state index in [-0.39, 0.29) is 17.9 Å². The number of aromatic amines is 1. The third-order valence-corrected chi connectivity index (χ3v) is 5.17. The lowest BCUT2D eigenvalue weighted by Crippen LogP contribution is -2.31. The summed E-state index contributed by atoms with van der Waals surface area (Å²) >= 11 is 0. The average molecular weight is 405 g/mol. The predicted molar refractivity (Wildman–Crippen MR) is 113 cm³/mol. The Hall–Kier alpha value is -3.61. The summed E-state index contributed by atoms with van der Waals surface area (Å²) < 4.78 is 11.5. The molecule has 1 aliphatic heterocycles. The minimum atomic E-state index is -0.411. The van der Waals surface area contributed by atoms with Crippen LogP contribution >= 0.6 is 0 Å². The van der Waals surface area contributed by atoms with Gasteiger partial charge in [-0.15, -0.1) is 0 Å². The SMILES string of the molecule is COc1cc([C@H]2CC(=O)Nc3nc(C)[nH]c(=O)c32)ccc1OCc1ccc(C)cc1. The number of nitrogens with zero attached hydrogens (tertiary/aromatic N) is 1. The number of fused-ring (bicyclic) bond motifs is 1. The van der Waals surface area contributed by atoms with Crippen LogP contribution in [0, 0.1) is 13.8 Å². The number of carbonyl (C=O) groups is 1. The first-order valence-electron chi connectivity index (χ1n) is 9.71. The van der Waals surface area contributed by atoms with Gasteiger partial charge in [0.2, 0.25) is 5.91 Å². The first-order valence-corrected chi connectivity index (χ1v) is 9.71. The second-order valence-electron chi connectivity index (χ2n) is 7.40. The van der Waals surface area contributed by atoms with E-state index >= 15 is 0 Å². The first-order chi connectivity index (χ1) is 14.4. The van der Waals surface area contributed by atoms with Crippen molar-refractivity contribution in [3.05, 3.63) is 80.9 Å². The van der Waals surface area contributed by atoms with Crippen molar-refractivity contribution in [2.45, 2.75) is 32.8 Å².